The molecule has 2 atom stereocenters. The van der Waals surface area contributed by atoms with E-state index >= 15 is 0 Å². The van der Waals surface area contributed by atoms with Crippen LogP contribution in [0.25, 0.3) is 0 Å². The Balaban J connectivity index is 1.81. The van der Waals surface area contributed by atoms with Gasteiger partial charge in [-0.2, -0.15) is 0 Å². The number of aromatic carboxylic acids is 1. The van der Waals surface area contributed by atoms with Gasteiger partial charge in [0.25, 0.3) is 5.91 Å². The molecule has 9 heteroatoms. The van der Waals surface area contributed by atoms with Crippen molar-refractivity contribution in [2.75, 3.05) is 5.32 Å². The van der Waals surface area contributed by atoms with Crippen LogP contribution < -0.4 is 5.32 Å². The lowest BCUT2D eigenvalue weighted by atomic mass is 9.99. The quantitative estimate of drug-likeness (QED) is 0.539. The van der Waals surface area contributed by atoms with Gasteiger partial charge in [0.1, 0.15) is 6.04 Å². The zero-order chi connectivity index (χ0) is 23.7. The number of fused-ring (bicyclic) bond motifs is 1. The maximum absolute atomic E-state index is 13.7. The van der Waals surface area contributed by atoms with E-state index in [0.717, 1.165) is 0 Å². The highest BCUT2D eigenvalue weighted by Crippen LogP contribution is 2.34. The number of carboxylic acids is 1. The van der Waals surface area contributed by atoms with Gasteiger partial charge in [-0.15, -0.1) is 0 Å². The minimum absolute atomic E-state index is 0.0439. The van der Waals surface area contributed by atoms with Crippen LogP contribution in [0.15, 0.2) is 60.8 Å². The van der Waals surface area contributed by atoms with E-state index in [0.29, 0.717) is 27.5 Å². The number of hydrogen-bond acceptors (Lipinski definition) is 4. The highest BCUT2D eigenvalue weighted by atomic mass is 35.5. The van der Waals surface area contributed by atoms with Gasteiger partial charge in [0, 0.05) is 23.3 Å². The summed E-state index contributed by atoms with van der Waals surface area (Å²) >= 11 is 12.3. The van der Waals surface area contributed by atoms with Gasteiger partial charge in [0.2, 0.25) is 5.91 Å². The molecule has 4 rings (SSSR count). The second kappa shape index (κ2) is 9.21. The maximum Gasteiger partial charge on any atom is 0.337 e. The fourth-order valence-electron chi connectivity index (χ4n) is 3.91. The summed E-state index contributed by atoms with van der Waals surface area (Å²) < 4.78 is 0. The van der Waals surface area contributed by atoms with Crippen molar-refractivity contribution in [3.8, 4) is 0 Å². The standard InChI is InChI=1S/C24H19Cl2N3O4/c1-13(14-5-7-17(24(32)33)19(26)10-14)29-21(12-16-4-2-3-9-27-16)22(30)28-20-11-15(25)6-8-18(20)23(29)31/h2-11,13,21H,12H2,1H3,(H,28,30)(H,32,33)/t13?,21-/m1/s1. The van der Waals surface area contributed by atoms with Crippen molar-refractivity contribution >= 4 is 46.7 Å². The van der Waals surface area contributed by atoms with Crippen LogP contribution in [0.1, 0.15) is 44.9 Å². The second-order valence-electron chi connectivity index (χ2n) is 7.65. The molecule has 168 valence electrons. The third-order valence-corrected chi connectivity index (χ3v) is 6.14. The summed E-state index contributed by atoms with van der Waals surface area (Å²) in [7, 11) is 0. The minimum atomic E-state index is -1.15. The molecule has 0 spiro atoms. The van der Waals surface area contributed by atoms with E-state index in [-0.39, 0.29) is 28.8 Å². The third kappa shape index (κ3) is 4.55. The van der Waals surface area contributed by atoms with Gasteiger partial charge in [-0.1, -0.05) is 35.3 Å². The molecule has 33 heavy (non-hydrogen) atoms. The number of amides is 2. The number of benzene rings is 2. The van der Waals surface area contributed by atoms with Crippen molar-refractivity contribution in [1.82, 2.24) is 9.88 Å². The number of aromatic nitrogens is 1. The van der Waals surface area contributed by atoms with Crippen molar-refractivity contribution in [3.63, 3.8) is 0 Å². The van der Waals surface area contributed by atoms with Gasteiger partial charge in [-0.05, 0) is 55.0 Å². The zero-order valence-corrected chi connectivity index (χ0v) is 19.0. The lowest BCUT2D eigenvalue weighted by Crippen LogP contribution is -2.47. The van der Waals surface area contributed by atoms with Crippen LogP contribution in [0.3, 0.4) is 0 Å². The maximum atomic E-state index is 13.7. The first kappa shape index (κ1) is 22.8. The monoisotopic (exact) mass is 483 g/mol. The van der Waals surface area contributed by atoms with Crippen LogP contribution in [-0.4, -0.2) is 38.8 Å². The van der Waals surface area contributed by atoms with E-state index in [4.69, 9.17) is 23.2 Å². The van der Waals surface area contributed by atoms with Crippen molar-refractivity contribution in [3.05, 3.63) is 93.2 Å². The fourth-order valence-corrected chi connectivity index (χ4v) is 4.35. The SMILES string of the molecule is CC(c1ccc(C(=O)O)c(Cl)c1)N1C(=O)c2ccc(Cl)cc2NC(=O)[C@H]1Cc1ccccn1. The van der Waals surface area contributed by atoms with Gasteiger partial charge in [-0.25, -0.2) is 4.79 Å². The van der Waals surface area contributed by atoms with Gasteiger partial charge < -0.3 is 15.3 Å². The van der Waals surface area contributed by atoms with Gasteiger partial charge in [-0.3, -0.25) is 14.6 Å². The first-order chi connectivity index (χ1) is 15.8. The van der Waals surface area contributed by atoms with Crippen molar-refractivity contribution in [2.45, 2.75) is 25.4 Å². The third-order valence-electron chi connectivity index (χ3n) is 5.59. The number of carbonyl (C=O) groups is 3. The molecule has 3 aromatic rings. The van der Waals surface area contributed by atoms with Crippen molar-refractivity contribution in [1.29, 1.82) is 0 Å². The Morgan fingerprint density at radius 1 is 1.15 bits per heavy atom. The second-order valence-corrected chi connectivity index (χ2v) is 8.50. The molecule has 0 bridgehead atoms. The van der Waals surface area contributed by atoms with Crippen LogP contribution in [-0.2, 0) is 11.2 Å². The Bertz CT molecular complexity index is 1250. The van der Waals surface area contributed by atoms with E-state index in [9.17, 15) is 19.5 Å². The van der Waals surface area contributed by atoms with E-state index in [1.54, 1.807) is 43.5 Å². The summed E-state index contributed by atoms with van der Waals surface area (Å²) in [6.07, 6.45) is 1.81. The first-order valence-electron chi connectivity index (χ1n) is 10.1. The van der Waals surface area contributed by atoms with E-state index in [1.165, 1.54) is 23.1 Å². The van der Waals surface area contributed by atoms with E-state index < -0.39 is 18.1 Å². The topological polar surface area (TPSA) is 99.6 Å². The smallest absolute Gasteiger partial charge is 0.337 e. The predicted molar refractivity (Wildman–Crippen MR) is 125 cm³/mol. The summed E-state index contributed by atoms with van der Waals surface area (Å²) in [6, 6.07) is 13.1. The predicted octanol–water partition coefficient (Wildman–Crippen LogP) is 4.85. The van der Waals surface area contributed by atoms with Crippen LogP contribution in [0.5, 0.6) is 0 Å². The van der Waals surface area contributed by atoms with Crippen molar-refractivity contribution < 1.29 is 19.5 Å². The van der Waals surface area contributed by atoms with Gasteiger partial charge in [0.05, 0.1) is 27.9 Å². The number of anilines is 1. The van der Waals surface area contributed by atoms with Gasteiger partial charge in [0.15, 0.2) is 0 Å². The van der Waals surface area contributed by atoms with E-state index in [1.807, 2.05) is 6.07 Å². The average molecular weight is 484 g/mol. The van der Waals surface area contributed by atoms with Crippen molar-refractivity contribution in [2.24, 2.45) is 0 Å². The Morgan fingerprint density at radius 3 is 2.61 bits per heavy atom. The number of carboxylic acid groups (broad SMARTS) is 1. The lowest BCUT2D eigenvalue weighted by molar-refractivity contribution is -0.121. The van der Waals surface area contributed by atoms with Gasteiger partial charge >= 0.3 is 5.97 Å². The molecule has 0 radical (unpaired) electrons. The summed E-state index contributed by atoms with van der Waals surface area (Å²) in [4.78, 5) is 44.2. The van der Waals surface area contributed by atoms with Crippen LogP contribution >= 0.6 is 23.2 Å². The normalized spacial score (nSPS) is 16.6. The Morgan fingerprint density at radius 2 is 1.94 bits per heavy atom. The van der Waals surface area contributed by atoms with Crippen LogP contribution in [0.4, 0.5) is 5.69 Å². The molecule has 1 aliphatic heterocycles. The number of nitrogens with one attached hydrogen (secondary N) is 1. The lowest BCUT2D eigenvalue weighted by Gasteiger charge is -2.34. The molecule has 1 unspecified atom stereocenters. The molecule has 2 heterocycles. The molecule has 2 amide bonds. The largest absolute Gasteiger partial charge is 0.478 e. The minimum Gasteiger partial charge on any atom is -0.478 e. The summed E-state index contributed by atoms with van der Waals surface area (Å²) in [5, 5.41) is 12.5. The molecular formula is C24H19Cl2N3O4. The number of carbonyl (C=O) groups excluding carboxylic acids is 2. The zero-order valence-electron chi connectivity index (χ0n) is 17.5. The highest BCUT2D eigenvalue weighted by molar-refractivity contribution is 6.33. The molecule has 2 aromatic carbocycles. The Hall–Kier alpha value is -3.42. The molecular weight excluding hydrogens is 465 g/mol. The molecule has 0 fully saturated rings. The molecule has 2 N–H and O–H groups in total. The molecule has 0 saturated heterocycles. The molecule has 0 saturated carbocycles. The summed E-state index contributed by atoms with van der Waals surface area (Å²) in [5.41, 5.74) is 1.83. The molecule has 0 aliphatic carbocycles. The number of hydrogen-bond donors (Lipinski definition) is 2. The molecule has 1 aliphatic rings. The van der Waals surface area contributed by atoms with Crippen LogP contribution in [0, 0.1) is 0 Å². The van der Waals surface area contributed by atoms with E-state index in [2.05, 4.69) is 10.3 Å². The number of nitrogens with zero attached hydrogens (tertiary/aromatic N) is 2. The summed E-state index contributed by atoms with van der Waals surface area (Å²) in [5.74, 6) is -1.90. The average Bonchev–Trinajstić information content (AvgIpc) is 2.87. The number of pyridine rings is 1. The Labute approximate surface area is 200 Å². The molecule has 7 nitrogen and oxygen atoms in total. The fraction of sp³-hybridized carbons (Fsp3) is 0.167. The highest BCUT2D eigenvalue weighted by Gasteiger charge is 2.39. The Kier molecular flexibility index (Phi) is 6.35. The summed E-state index contributed by atoms with van der Waals surface area (Å²) in [6.45, 7) is 1.77. The number of rotatable bonds is 5. The molecule has 1 aromatic heterocycles. The number of halogens is 2. The van der Waals surface area contributed by atoms with Crippen LogP contribution in [0.2, 0.25) is 10.0 Å². The first-order valence-corrected chi connectivity index (χ1v) is 10.9.